The molecule has 14 heavy (non-hydrogen) atoms. The van der Waals surface area contributed by atoms with Gasteiger partial charge in [-0.25, -0.2) is 13.8 Å². The van der Waals surface area contributed by atoms with Gasteiger partial charge in [0.05, 0.1) is 11.3 Å². The molecule has 0 amide bonds. The van der Waals surface area contributed by atoms with Crippen LogP contribution in [-0.4, -0.2) is 4.98 Å². The van der Waals surface area contributed by atoms with E-state index < -0.39 is 6.43 Å². The standard InChI is InChI=1S/C8H6F2IN3/c9-8(10)7-5(11)1-4(2-12)14-6(7)3-13/h1,8H,2,12H2. The van der Waals surface area contributed by atoms with E-state index in [2.05, 4.69) is 4.98 Å². The summed E-state index contributed by atoms with van der Waals surface area (Å²) in [6, 6.07) is 3.10. The van der Waals surface area contributed by atoms with Crippen LogP contribution in [-0.2, 0) is 6.54 Å². The first-order chi connectivity index (χ1) is 6.60. The van der Waals surface area contributed by atoms with E-state index in [-0.39, 0.29) is 17.8 Å². The van der Waals surface area contributed by atoms with Crippen molar-refractivity contribution < 1.29 is 8.78 Å². The van der Waals surface area contributed by atoms with E-state index in [9.17, 15) is 8.78 Å². The fraction of sp³-hybridized carbons (Fsp3) is 0.250. The zero-order valence-electron chi connectivity index (χ0n) is 6.97. The molecule has 74 valence electrons. The van der Waals surface area contributed by atoms with Crippen molar-refractivity contribution in [3.63, 3.8) is 0 Å². The number of nitrogens with zero attached hydrogens (tertiary/aromatic N) is 2. The maximum Gasteiger partial charge on any atom is 0.267 e. The number of hydrogen-bond acceptors (Lipinski definition) is 3. The quantitative estimate of drug-likeness (QED) is 0.849. The Morgan fingerprint density at radius 2 is 2.29 bits per heavy atom. The summed E-state index contributed by atoms with van der Waals surface area (Å²) in [4.78, 5) is 3.72. The fourth-order valence-corrected chi connectivity index (χ4v) is 1.82. The molecule has 0 bridgehead atoms. The van der Waals surface area contributed by atoms with Gasteiger partial charge in [0.25, 0.3) is 6.43 Å². The van der Waals surface area contributed by atoms with Crippen LogP contribution in [0.3, 0.4) is 0 Å². The minimum Gasteiger partial charge on any atom is -0.325 e. The second-order valence-electron chi connectivity index (χ2n) is 2.47. The second kappa shape index (κ2) is 4.61. The molecule has 0 aliphatic heterocycles. The van der Waals surface area contributed by atoms with Crippen LogP contribution in [0.2, 0.25) is 0 Å². The predicted octanol–water partition coefficient (Wildman–Crippen LogP) is 1.95. The zero-order valence-corrected chi connectivity index (χ0v) is 9.12. The van der Waals surface area contributed by atoms with Crippen LogP contribution in [0, 0.1) is 14.9 Å². The number of nitriles is 1. The van der Waals surface area contributed by atoms with Crippen LogP contribution in [0.1, 0.15) is 23.4 Å². The smallest absolute Gasteiger partial charge is 0.267 e. The number of hydrogen-bond donors (Lipinski definition) is 1. The summed E-state index contributed by atoms with van der Waals surface area (Å²) >= 11 is 1.75. The third-order valence-electron chi connectivity index (χ3n) is 1.59. The van der Waals surface area contributed by atoms with Crippen LogP contribution >= 0.6 is 22.6 Å². The van der Waals surface area contributed by atoms with Crippen molar-refractivity contribution in [2.45, 2.75) is 13.0 Å². The molecule has 6 heteroatoms. The molecule has 1 aromatic heterocycles. The van der Waals surface area contributed by atoms with Crippen LogP contribution in [0.25, 0.3) is 0 Å². The lowest BCUT2D eigenvalue weighted by atomic mass is 10.2. The molecular formula is C8H6F2IN3. The SMILES string of the molecule is N#Cc1nc(CN)cc(I)c1C(F)F. The summed E-state index contributed by atoms with van der Waals surface area (Å²) in [6.45, 7) is 0.133. The highest BCUT2D eigenvalue weighted by molar-refractivity contribution is 14.1. The third-order valence-corrected chi connectivity index (χ3v) is 2.49. The molecule has 0 fully saturated rings. The van der Waals surface area contributed by atoms with Gasteiger partial charge in [0.2, 0.25) is 0 Å². The van der Waals surface area contributed by atoms with Crippen LogP contribution < -0.4 is 5.73 Å². The molecule has 0 spiro atoms. The Morgan fingerprint density at radius 1 is 1.64 bits per heavy atom. The zero-order chi connectivity index (χ0) is 10.7. The fourth-order valence-electron chi connectivity index (χ4n) is 0.971. The van der Waals surface area contributed by atoms with Crippen molar-refractivity contribution in [1.29, 1.82) is 5.26 Å². The first kappa shape index (κ1) is 11.3. The molecule has 3 nitrogen and oxygen atoms in total. The van der Waals surface area contributed by atoms with Crippen LogP contribution in [0.4, 0.5) is 8.78 Å². The summed E-state index contributed by atoms with van der Waals surface area (Å²) in [7, 11) is 0. The lowest BCUT2D eigenvalue weighted by Crippen LogP contribution is -2.06. The molecule has 0 aliphatic carbocycles. The van der Waals surface area contributed by atoms with E-state index >= 15 is 0 Å². The molecule has 1 heterocycles. The molecule has 0 radical (unpaired) electrons. The van der Waals surface area contributed by atoms with E-state index in [4.69, 9.17) is 11.0 Å². The Balaban J connectivity index is 3.37. The average molecular weight is 309 g/mol. The summed E-state index contributed by atoms with van der Waals surface area (Å²) < 4.78 is 25.3. The average Bonchev–Trinajstić information content (AvgIpc) is 2.15. The Bertz CT molecular complexity index is 387. The van der Waals surface area contributed by atoms with Crippen LogP contribution in [0.15, 0.2) is 6.07 Å². The molecule has 0 aliphatic rings. The van der Waals surface area contributed by atoms with Gasteiger partial charge in [-0.1, -0.05) is 0 Å². The Hall–Kier alpha value is -0.810. The first-order valence-corrected chi connectivity index (χ1v) is 4.75. The van der Waals surface area contributed by atoms with E-state index in [1.165, 1.54) is 6.07 Å². The Labute approximate surface area is 93.1 Å². The van der Waals surface area contributed by atoms with Gasteiger partial charge in [-0.3, -0.25) is 0 Å². The monoisotopic (exact) mass is 309 g/mol. The van der Waals surface area contributed by atoms with Gasteiger partial charge in [-0.2, -0.15) is 5.26 Å². The van der Waals surface area contributed by atoms with E-state index in [1.54, 1.807) is 28.7 Å². The highest BCUT2D eigenvalue weighted by atomic mass is 127. The number of aromatic nitrogens is 1. The normalized spacial score (nSPS) is 10.3. The predicted molar refractivity (Wildman–Crippen MR) is 54.5 cm³/mol. The lowest BCUT2D eigenvalue weighted by Gasteiger charge is -2.06. The minimum atomic E-state index is -2.68. The minimum absolute atomic E-state index is 0.133. The van der Waals surface area contributed by atoms with Gasteiger partial charge >= 0.3 is 0 Å². The molecule has 1 rings (SSSR count). The van der Waals surface area contributed by atoms with E-state index in [0.29, 0.717) is 9.26 Å². The molecule has 0 saturated carbocycles. The molecule has 0 saturated heterocycles. The van der Waals surface area contributed by atoms with Crippen molar-refractivity contribution in [2.75, 3.05) is 0 Å². The molecule has 2 N–H and O–H groups in total. The molecular weight excluding hydrogens is 303 g/mol. The van der Waals surface area contributed by atoms with Crippen LogP contribution in [0.5, 0.6) is 0 Å². The van der Waals surface area contributed by atoms with Crippen molar-refractivity contribution in [3.8, 4) is 6.07 Å². The van der Waals surface area contributed by atoms with Gasteiger partial charge in [-0.05, 0) is 28.7 Å². The molecule has 1 aromatic rings. The largest absolute Gasteiger partial charge is 0.325 e. The van der Waals surface area contributed by atoms with E-state index in [0.717, 1.165) is 0 Å². The summed E-state index contributed by atoms with van der Waals surface area (Å²) in [6.07, 6.45) is -2.68. The lowest BCUT2D eigenvalue weighted by molar-refractivity contribution is 0.149. The van der Waals surface area contributed by atoms with Gasteiger partial charge in [0.1, 0.15) is 6.07 Å². The maximum atomic E-state index is 12.5. The number of nitrogens with two attached hydrogens (primary N) is 1. The Kier molecular flexibility index (Phi) is 3.71. The highest BCUT2D eigenvalue weighted by Crippen LogP contribution is 2.27. The third kappa shape index (κ3) is 2.16. The van der Waals surface area contributed by atoms with Crippen molar-refractivity contribution >= 4 is 22.6 Å². The van der Waals surface area contributed by atoms with Crippen molar-refractivity contribution in [2.24, 2.45) is 5.73 Å². The van der Waals surface area contributed by atoms with Crippen molar-refractivity contribution in [3.05, 3.63) is 26.6 Å². The number of alkyl halides is 2. The summed E-state index contributed by atoms with van der Waals surface area (Å²) in [5.74, 6) is 0. The Morgan fingerprint density at radius 3 is 2.71 bits per heavy atom. The first-order valence-electron chi connectivity index (χ1n) is 3.67. The number of pyridine rings is 1. The summed E-state index contributed by atoms with van der Waals surface area (Å²) in [5.41, 5.74) is 5.19. The molecule has 0 aromatic carbocycles. The maximum absolute atomic E-state index is 12.5. The van der Waals surface area contributed by atoms with Gasteiger partial charge in [0, 0.05) is 10.1 Å². The molecule has 0 atom stereocenters. The highest BCUT2D eigenvalue weighted by Gasteiger charge is 2.18. The summed E-state index contributed by atoms with van der Waals surface area (Å²) in [5, 5.41) is 8.62. The van der Waals surface area contributed by atoms with Gasteiger partial charge in [0.15, 0.2) is 5.69 Å². The van der Waals surface area contributed by atoms with Gasteiger partial charge < -0.3 is 5.73 Å². The topological polar surface area (TPSA) is 62.7 Å². The second-order valence-corrected chi connectivity index (χ2v) is 3.64. The van der Waals surface area contributed by atoms with E-state index in [1.807, 2.05) is 0 Å². The number of rotatable bonds is 2. The molecule has 0 unspecified atom stereocenters. The number of halogens is 3. The van der Waals surface area contributed by atoms with Crippen molar-refractivity contribution in [1.82, 2.24) is 4.98 Å². The van der Waals surface area contributed by atoms with Gasteiger partial charge in [-0.15, -0.1) is 0 Å².